The van der Waals surface area contributed by atoms with Gasteiger partial charge in [0.15, 0.2) is 0 Å². The van der Waals surface area contributed by atoms with E-state index in [9.17, 15) is 4.79 Å². The van der Waals surface area contributed by atoms with Gasteiger partial charge in [-0.2, -0.15) is 0 Å². The largest absolute Gasteiger partial charge is 0.365 e. The third-order valence-corrected chi connectivity index (χ3v) is 2.93. The summed E-state index contributed by atoms with van der Waals surface area (Å²) in [5.41, 5.74) is 0. The summed E-state index contributed by atoms with van der Waals surface area (Å²) in [5, 5.41) is 3.17. The van der Waals surface area contributed by atoms with Crippen molar-refractivity contribution < 1.29 is 4.79 Å². The van der Waals surface area contributed by atoms with E-state index in [0.29, 0.717) is 6.54 Å². The first kappa shape index (κ1) is 13.0. The van der Waals surface area contributed by atoms with Gasteiger partial charge in [-0.25, -0.2) is 0 Å². The van der Waals surface area contributed by atoms with Gasteiger partial charge in [-0.3, -0.25) is 9.79 Å². The van der Waals surface area contributed by atoms with Crippen LogP contribution in [0.15, 0.2) is 4.99 Å². The number of carbonyl (C=O) groups excluding carboxylic acids is 1. The van der Waals surface area contributed by atoms with Crippen molar-refractivity contribution in [1.29, 1.82) is 0 Å². The highest BCUT2D eigenvalue weighted by Gasteiger charge is 2.10. The summed E-state index contributed by atoms with van der Waals surface area (Å²) < 4.78 is 0. The van der Waals surface area contributed by atoms with Crippen LogP contribution in [0.25, 0.3) is 0 Å². The molecule has 1 heterocycles. The predicted molar refractivity (Wildman–Crippen MR) is 66.7 cm³/mol. The number of amidine groups is 1. The Morgan fingerprint density at radius 3 is 2.75 bits per heavy atom. The maximum absolute atomic E-state index is 11.7. The quantitative estimate of drug-likeness (QED) is 0.786. The number of hydrogen-bond acceptors (Lipinski definition) is 3. The lowest BCUT2D eigenvalue weighted by Gasteiger charge is -2.19. The zero-order valence-corrected chi connectivity index (χ0v) is 10.5. The third-order valence-electron chi connectivity index (χ3n) is 2.93. The van der Waals surface area contributed by atoms with Crippen molar-refractivity contribution in [2.45, 2.75) is 39.5 Å². The molecule has 0 fully saturated rings. The minimum absolute atomic E-state index is 0.164. The fraction of sp³-hybridized carbons (Fsp3) is 0.833. The van der Waals surface area contributed by atoms with Crippen LogP contribution in [0.3, 0.4) is 0 Å². The molecule has 0 bridgehead atoms. The number of hydrogen-bond donors (Lipinski definition) is 1. The van der Waals surface area contributed by atoms with Crippen LogP contribution in [0.4, 0.5) is 0 Å². The zero-order valence-electron chi connectivity index (χ0n) is 10.5. The molecule has 1 aliphatic heterocycles. The maximum atomic E-state index is 11.7. The van der Waals surface area contributed by atoms with Crippen LogP contribution in [-0.4, -0.2) is 42.8 Å². The molecular formula is C12H23N3O. The van der Waals surface area contributed by atoms with Crippen molar-refractivity contribution in [3.63, 3.8) is 0 Å². The number of amides is 1. The number of nitrogens with one attached hydrogen (secondary N) is 1. The molecule has 16 heavy (non-hydrogen) atoms. The molecule has 0 aromatic rings. The van der Waals surface area contributed by atoms with Crippen molar-refractivity contribution in [2.24, 2.45) is 4.99 Å². The SMILES string of the molecule is CCN(CC)C(=O)CNC1=NCCCCC1. The molecule has 0 saturated carbocycles. The maximum Gasteiger partial charge on any atom is 0.241 e. The van der Waals surface area contributed by atoms with Crippen molar-refractivity contribution in [2.75, 3.05) is 26.2 Å². The van der Waals surface area contributed by atoms with Gasteiger partial charge in [0.25, 0.3) is 0 Å². The van der Waals surface area contributed by atoms with Gasteiger partial charge in [0, 0.05) is 26.1 Å². The topological polar surface area (TPSA) is 44.7 Å². The molecule has 1 N–H and O–H groups in total. The van der Waals surface area contributed by atoms with E-state index in [4.69, 9.17) is 0 Å². The summed E-state index contributed by atoms with van der Waals surface area (Å²) >= 11 is 0. The van der Waals surface area contributed by atoms with E-state index in [0.717, 1.165) is 31.9 Å². The lowest BCUT2D eigenvalue weighted by Crippen LogP contribution is -2.40. The number of nitrogens with zero attached hydrogens (tertiary/aromatic N) is 2. The van der Waals surface area contributed by atoms with Gasteiger partial charge in [0.05, 0.1) is 12.4 Å². The van der Waals surface area contributed by atoms with Crippen LogP contribution < -0.4 is 5.32 Å². The first-order chi connectivity index (χ1) is 7.77. The Bertz CT molecular complexity index is 247. The van der Waals surface area contributed by atoms with Gasteiger partial charge in [0.2, 0.25) is 5.91 Å². The van der Waals surface area contributed by atoms with E-state index in [-0.39, 0.29) is 5.91 Å². The molecule has 1 amide bonds. The second-order valence-electron chi connectivity index (χ2n) is 4.06. The van der Waals surface area contributed by atoms with E-state index in [1.165, 1.54) is 19.3 Å². The number of rotatable bonds is 4. The number of likely N-dealkylation sites (N-methyl/N-ethyl adjacent to an activating group) is 1. The van der Waals surface area contributed by atoms with E-state index in [1.807, 2.05) is 18.7 Å². The average Bonchev–Trinajstić information content (AvgIpc) is 2.56. The number of aliphatic imine (C=N–C) groups is 1. The standard InChI is InChI=1S/C12H23N3O/c1-3-15(4-2)12(16)10-14-11-8-6-5-7-9-13-11/h3-10H2,1-2H3,(H,13,14). The molecule has 0 atom stereocenters. The zero-order chi connectivity index (χ0) is 11.8. The van der Waals surface area contributed by atoms with Crippen LogP contribution in [0.1, 0.15) is 39.5 Å². The van der Waals surface area contributed by atoms with Gasteiger partial charge < -0.3 is 10.2 Å². The van der Waals surface area contributed by atoms with Crippen LogP contribution in [-0.2, 0) is 4.79 Å². The van der Waals surface area contributed by atoms with Gasteiger partial charge >= 0.3 is 0 Å². The molecule has 0 aromatic carbocycles. The molecular weight excluding hydrogens is 202 g/mol. The van der Waals surface area contributed by atoms with E-state index < -0.39 is 0 Å². The predicted octanol–water partition coefficient (Wildman–Crippen LogP) is 1.42. The Kier molecular flexibility index (Phi) is 5.90. The molecule has 0 aromatic heterocycles. The first-order valence-corrected chi connectivity index (χ1v) is 6.32. The molecule has 4 heteroatoms. The summed E-state index contributed by atoms with van der Waals surface area (Å²) in [7, 11) is 0. The Balaban J connectivity index is 2.32. The van der Waals surface area contributed by atoms with Crippen molar-refractivity contribution in [3.8, 4) is 0 Å². The lowest BCUT2D eigenvalue weighted by molar-refractivity contribution is -0.129. The van der Waals surface area contributed by atoms with Crippen molar-refractivity contribution in [1.82, 2.24) is 10.2 Å². The fourth-order valence-electron chi connectivity index (χ4n) is 1.88. The Morgan fingerprint density at radius 1 is 1.31 bits per heavy atom. The van der Waals surface area contributed by atoms with Gasteiger partial charge in [0.1, 0.15) is 0 Å². The molecule has 1 aliphatic rings. The monoisotopic (exact) mass is 225 g/mol. The number of carbonyl (C=O) groups is 1. The van der Waals surface area contributed by atoms with Crippen molar-refractivity contribution in [3.05, 3.63) is 0 Å². The Hall–Kier alpha value is -1.06. The van der Waals surface area contributed by atoms with Crippen LogP contribution in [0.2, 0.25) is 0 Å². The fourth-order valence-corrected chi connectivity index (χ4v) is 1.88. The second kappa shape index (κ2) is 7.25. The van der Waals surface area contributed by atoms with Crippen LogP contribution in [0, 0.1) is 0 Å². The highest BCUT2D eigenvalue weighted by Crippen LogP contribution is 2.05. The van der Waals surface area contributed by atoms with E-state index in [2.05, 4.69) is 10.3 Å². The molecule has 4 nitrogen and oxygen atoms in total. The molecule has 92 valence electrons. The van der Waals surface area contributed by atoms with E-state index in [1.54, 1.807) is 0 Å². The average molecular weight is 225 g/mol. The minimum atomic E-state index is 0.164. The highest BCUT2D eigenvalue weighted by molar-refractivity contribution is 5.87. The van der Waals surface area contributed by atoms with E-state index >= 15 is 0 Å². The Morgan fingerprint density at radius 2 is 2.06 bits per heavy atom. The summed E-state index contributed by atoms with van der Waals surface area (Å²) in [6.07, 6.45) is 4.60. The van der Waals surface area contributed by atoms with Crippen LogP contribution in [0.5, 0.6) is 0 Å². The summed E-state index contributed by atoms with van der Waals surface area (Å²) in [4.78, 5) is 18.0. The van der Waals surface area contributed by atoms with Crippen molar-refractivity contribution >= 4 is 11.7 Å². The normalized spacial score (nSPS) is 16.2. The third kappa shape index (κ3) is 4.21. The summed E-state index contributed by atoms with van der Waals surface area (Å²) in [6.45, 7) is 6.87. The smallest absolute Gasteiger partial charge is 0.241 e. The second-order valence-corrected chi connectivity index (χ2v) is 4.06. The summed E-state index contributed by atoms with van der Waals surface area (Å²) in [5.74, 6) is 1.18. The Labute approximate surface area is 98.1 Å². The lowest BCUT2D eigenvalue weighted by atomic mass is 10.2. The van der Waals surface area contributed by atoms with Crippen LogP contribution >= 0.6 is 0 Å². The van der Waals surface area contributed by atoms with Gasteiger partial charge in [-0.05, 0) is 26.7 Å². The molecule has 0 radical (unpaired) electrons. The molecule has 0 aliphatic carbocycles. The van der Waals surface area contributed by atoms with Gasteiger partial charge in [-0.15, -0.1) is 0 Å². The molecule has 0 spiro atoms. The molecule has 1 rings (SSSR count). The summed E-state index contributed by atoms with van der Waals surface area (Å²) in [6, 6.07) is 0. The van der Waals surface area contributed by atoms with Gasteiger partial charge in [-0.1, -0.05) is 6.42 Å². The highest BCUT2D eigenvalue weighted by atomic mass is 16.2. The minimum Gasteiger partial charge on any atom is -0.365 e. The molecule has 0 saturated heterocycles. The first-order valence-electron chi connectivity index (χ1n) is 6.32. The molecule has 0 unspecified atom stereocenters.